The molecule has 0 radical (unpaired) electrons. The minimum absolute atomic E-state index is 0.0385. The molecule has 8 heteroatoms. The van der Waals surface area contributed by atoms with Gasteiger partial charge < -0.3 is 9.84 Å². The predicted molar refractivity (Wildman–Crippen MR) is 97.5 cm³/mol. The lowest BCUT2D eigenvalue weighted by molar-refractivity contribution is 0.0280. The van der Waals surface area contributed by atoms with E-state index in [4.69, 9.17) is 4.74 Å². The number of ether oxygens (including phenoxy) is 1. The zero-order valence-corrected chi connectivity index (χ0v) is 16.2. The molecule has 0 bridgehead atoms. The summed E-state index contributed by atoms with van der Waals surface area (Å²) in [5, 5.41) is 13.8. The van der Waals surface area contributed by atoms with E-state index in [1.54, 1.807) is 43.2 Å². The Labute approximate surface area is 154 Å². The topological polar surface area (TPSA) is 93.5 Å². The second-order valence-electron chi connectivity index (χ2n) is 7.02. The fraction of sp³-hybridized carbons (Fsp3) is 0.500. The van der Waals surface area contributed by atoms with E-state index in [9.17, 15) is 13.5 Å². The molecule has 0 amide bonds. The standard InChI is InChI=1S/C18H25N3O4S/c1-11-5-12(2)17(8-16(11)25-4)26(23,24)20-18(13-6-15(22)7-13)14-9-19-21(3)10-14/h5,8-10,13,15,18,20,22H,6-7H2,1-4H3/t13?,15?,18-/m0/s1. The molecule has 0 aliphatic heterocycles. The maximum atomic E-state index is 13.1. The number of aryl methyl sites for hydroxylation is 3. The van der Waals surface area contributed by atoms with Crippen LogP contribution in [0.4, 0.5) is 0 Å². The van der Waals surface area contributed by atoms with Gasteiger partial charge in [-0.15, -0.1) is 0 Å². The molecule has 0 saturated heterocycles. The highest BCUT2D eigenvalue weighted by atomic mass is 32.2. The summed E-state index contributed by atoms with van der Waals surface area (Å²) in [6, 6.07) is 2.94. The summed E-state index contributed by atoms with van der Waals surface area (Å²) in [4.78, 5) is 0.203. The first-order chi connectivity index (χ1) is 12.2. The summed E-state index contributed by atoms with van der Waals surface area (Å²) < 4.78 is 35.9. The third kappa shape index (κ3) is 3.62. The molecule has 7 nitrogen and oxygen atoms in total. The Morgan fingerprint density at radius 1 is 1.31 bits per heavy atom. The van der Waals surface area contributed by atoms with Crippen LogP contribution >= 0.6 is 0 Å². The molecular formula is C18H25N3O4S. The fourth-order valence-corrected chi connectivity index (χ4v) is 5.03. The van der Waals surface area contributed by atoms with Crippen LogP contribution in [-0.2, 0) is 17.1 Å². The first-order valence-electron chi connectivity index (χ1n) is 8.55. The van der Waals surface area contributed by atoms with Crippen molar-refractivity contribution in [2.24, 2.45) is 13.0 Å². The molecule has 1 atom stereocenters. The van der Waals surface area contributed by atoms with E-state index in [0.29, 0.717) is 24.2 Å². The van der Waals surface area contributed by atoms with E-state index in [0.717, 1.165) is 11.1 Å². The van der Waals surface area contributed by atoms with Crippen LogP contribution in [-0.4, -0.2) is 36.5 Å². The first-order valence-corrected chi connectivity index (χ1v) is 10.0. The molecule has 142 valence electrons. The van der Waals surface area contributed by atoms with Gasteiger partial charge in [-0.25, -0.2) is 13.1 Å². The molecular weight excluding hydrogens is 354 g/mol. The van der Waals surface area contributed by atoms with Crippen LogP contribution < -0.4 is 9.46 Å². The van der Waals surface area contributed by atoms with E-state index >= 15 is 0 Å². The van der Waals surface area contributed by atoms with E-state index in [1.807, 2.05) is 6.92 Å². The van der Waals surface area contributed by atoms with E-state index in [1.165, 1.54) is 7.11 Å². The van der Waals surface area contributed by atoms with Crippen molar-refractivity contribution in [3.05, 3.63) is 41.2 Å². The number of aliphatic hydroxyl groups excluding tert-OH is 1. The zero-order valence-electron chi connectivity index (χ0n) is 15.4. The second-order valence-corrected chi connectivity index (χ2v) is 8.70. The van der Waals surface area contributed by atoms with Gasteiger partial charge in [0.1, 0.15) is 5.75 Å². The van der Waals surface area contributed by atoms with Crippen LogP contribution in [0, 0.1) is 19.8 Å². The third-order valence-corrected chi connectivity index (χ3v) is 6.55. The molecule has 1 heterocycles. The highest BCUT2D eigenvalue weighted by molar-refractivity contribution is 7.89. The number of rotatable bonds is 6. The fourth-order valence-electron chi connectivity index (χ4n) is 3.49. The molecule has 26 heavy (non-hydrogen) atoms. The van der Waals surface area contributed by atoms with Crippen LogP contribution in [0.5, 0.6) is 5.75 Å². The molecule has 0 unspecified atom stereocenters. The van der Waals surface area contributed by atoms with Crippen molar-refractivity contribution in [3.63, 3.8) is 0 Å². The smallest absolute Gasteiger partial charge is 0.241 e. The lowest BCUT2D eigenvalue weighted by Crippen LogP contribution is -2.41. The maximum Gasteiger partial charge on any atom is 0.241 e. The van der Waals surface area contributed by atoms with Crippen molar-refractivity contribution in [2.75, 3.05) is 7.11 Å². The lowest BCUT2D eigenvalue weighted by atomic mass is 9.76. The number of hydrogen-bond acceptors (Lipinski definition) is 5. The Kier molecular flexibility index (Phi) is 5.09. The number of hydrogen-bond donors (Lipinski definition) is 2. The first kappa shape index (κ1) is 18.9. The molecule has 1 aliphatic carbocycles. The van der Waals surface area contributed by atoms with Gasteiger partial charge in [0.25, 0.3) is 0 Å². The summed E-state index contributed by atoms with van der Waals surface area (Å²) in [5.74, 6) is 0.574. The summed E-state index contributed by atoms with van der Waals surface area (Å²) in [5.41, 5.74) is 2.34. The van der Waals surface area contributed by atoms with Gasteiger partial charge in [0.15, 0.2) is 0 Å². The molecule has 3 rings (SSSR count). The van der Waals surface area contributed by atoms with Gasteiger partial charge in [0.2, 0.25) is 10.0 Å². The summed E-state index contributed by atoms with van der Waals surface area (Å²) >= 11 is 0. The predicted octanol–water partition coefficient (Wildman–Crippen LogP) is 1.84. The van der Waals surface area contributed by atoms with Gasteiger partial charge in [-0.3, -0.25) is 4.68 Å². The third-order valence-electron chi connectivity index (χ3n) is 4.97. The van der Waals surface area contributed by atoms with Crippen LogP contribution in [0.2, 0.25) is 0 Å². The molecule has 0 spiro atoms. The van der Waals surface area contributed by atoms with Gasteiger partial charge in [0, 0.05) is 24.9 Å². The molecule has 1 fully saturated rings. The minimum Gasteiger partial charge on any atom is -0.496 e. The van der Waals surface area contributed by atoms with Gasteiger partial charge >= 0.3 is 0 Å². The summed E-state index contributed by atoms with van der Waals surface area (Å²) in [6.45, 7) is 3.65. The zero-order chi connectivity index (χ0) is 19.1. The van der Waals surface area contributed by atoms with Gasteiger partial charge in [0.05, 0.1) is 30.3 Å². The highest BCUT2D eigenvalue weighted by Crippen LogP contribution is 2.39. The van der Waals surface area contributed by atoms with Crippen molar-refractivity contribution < 1.29 is 18.3 Å². The average Bonchev–Trinajstić information content (AvgIpc) is 2.96. The van der Waals surface area contributed by atoms with Crippen molar-refractivity contribution in [1.29, 1.82) is 0 Å². The Balaban J connectivity index is 1.95. The Morgan fingerprint density at radius 2 is 2.00 bits per heavy atom. The second kappa shape index (κ2) is 7.02. The van der Waals surface area contributed by atoms with E-state index in [-0.39, 0.29) is 16.9 Å². The van der Waals surface area contributed by atoms with E-state index < -0.39 is 16.1 Å². The van der Waals surface area contributed by atoms with Gasteiger partial charge in [-0.1, -0.05) is 6.07 Å². The number of benzene rings is 1. The Morgan fingerprint density at radius 3 is 2.54 bits per heavy atom. The molecule has 1 aromatic heterocycles. The molecule has 1 saturated carbocycles. The highest BCUT2D eigenvalue weighted by Gasteiger charge is 2.38. The molecule has 2 N–H and O–H groups in total. The normalized spacial score (nSPS) is 21.3. The van der Waals surface area contributed by atoms with Crippen LogP contribution in [0.1, 0.15) is 35.6 Å². The summed E-state index contributed by atoms with van der Waals surface area (Å²) in [6.07, 6.45) is 4.24. The lowest BCUT2D eigenvalue weighted by Gasteiger charge is -2.37. The van der Waals surface area contributed by atoms with Crippen LogP contribution in [0.25, 0.3) is 0 Å². The number of aromatic nitrogens is 2. The van der Waals surface area contributed by atoms with Crippen LogP contribution in [0.3, 0.4) is 0 Å². The van der Waals surface area contributed by atoms with Crippen molar-refractivity contribution in [2.45, 2.75) is 43.7 Å². The van der Waals surface area contributed by atoms with Gasteiger partial charge in [-0.2, -0.15) is 5.10 Å². The van der Waals surface area contributed by atoms with Crippen LogP contribution in [0.15, 0.2) is 29.4 Å². The SMILES string of the molecule is COc1cc(S(=O)(=O)N[C@H](c2cnn(C)c2)C2CC(O)C2)c(C)cc1C. The van der Waals surface area contributed by atoms with Crippen molar-refractivity contribution >= 4 is 10.0 Å². The van der Waals surface area contributed by atoms with Crippen molar-refractivity contribution in [3.8, 4) is 5.75 Å². The molecule has 2 aromatic rings. The quantitative estimate of drug-likeness (QED) is 0.799. The largest absolute Gasteiger partial charge is 0.496 e. The van der Waals surface area contributed by atoms with E-state index in [2.05, 4.69) is 9.82 Å². The number of methoxy groups -OCH3 is 1. The number of sulfonamides is 1. The molecule has 1 aromatic carbocycles. The minimum atomic E-state index is -3.77. The monoisotopic (exact) mass is 379 g/mol. The Hall–Kier alpha value is -1.90. The van der Waals surface area contributed by atoms with Crippen molar-refractivity contribution in [1.82, 2.24) is 14.5 Å². The molecule has 1 aliphatic rings. The van der Waals surface area contributed by atoms with Gasteiger partial charge in [-0.05, 0) is 43.7 Å². The number of nitrogens with one attached hydrogen (secondary N) is 1. The number of nitrogens with zero attached hydrogens (tertiary/aromatic N) is 2. The Bertz CT molecular complexity index is 901. The average molecular weight is 379 g/mol. The summed E-state index contributed by atoms with van der Waals surface area (Å²) in [7, 11) is -0.451. The maximum absolute atomic E-state index is 13.1. The number of aliphatic hydroxyl groups is 1.